The van der Waals surface area contributed by atoms with Gasteiger partial charge in [-0.25, -0.2) is 0 Å². The van der Waals surface area contributed by atoms with E-state index >= 15 is 0 Å². The van der Waals surface area contributed by atoms with E-state index in [0.29, 0.717) is 35.3 Å². The maximum absolute atomic E-state index is 12.4. The van der Waals surface area contributed by atoms with Gasteiger partial charge in [-0.3, -0.25) is 4.79 Å². The van der Waals surface area contributed by atoms with Crippen LogP contribution in [0.25, 0.3) is 0 Å². The molecule has 0 aromatic heterocycles. The lowest BCUT2D eigenvalue weighted by Gasteiger charge is -2.11. The SMILES string of the molecule is CC1(C)CC1C(=O)c1cc2c(cc1Cl)OCCCO2. The van der Waals surface area contributed by atoms with E-state index in [4.69, 9.17) is 21.1 Å². The lowest BCUT2D eigenvalue weighted by Crippen LogP contribution is -2.08. The molecule has 0 saturated heterocycles. The second-order valence-electron chi connectivity index (χ2n) is 5.94. The first-order valence-electron chi connectivity index (χ1n) is 6.62. The molecule has 3 nitrogen and oxygen atoms in total. The Hall–Kier alpha value is -1.22. The highest BCUT2D eigenvalue weighted by Gasteiger charge is 2.50. The van der Waals surface area contributed by atoms with Crippen molar-refractivity contribution in [1.29, 1.82) is 0 Å². The largest absolute Gasteiger partial charge is 0.490 e. The van der Waals surface area contributed by atoms with Gasteiger partial charge in [-0.05, 0) is 17.9 Å². The fraction of sp³-hybridized carbons (Fsp3) is 0.533. The van der Waals surface area contributed by atoms with Crippen molar-refractivity contribution in [1.82, 2.24) is 0 Å². The molecule has 19 heavy (non-hydrogen) atoms. The first kappa shape index (κ1) is 12.8. The van der Waals surface area contributed by atoms with Gasteiger partial charge < -0.3 is 9.47 Å². The molecule has 1 aliphatic carbocycles. The molecule has 1 aliphatic heterocycles. The monoisotopic (exact) mass is 280 g/mol. The smallest absolute Gasteiger partial charge is 0.168 e. The number of fused-ring (bicyclic) bond motifs is 1. The summed E-state index contributed by atoms with van der Waals surface area (Å²) in [6, 6.07) is 3.44. The Morgan fingerprint density at radius 3 is 2.42 bits per heavy atom. The van der Waals surface area contributed by atoms with Crippen LogP contribution in [0.3, 0.4) is 0 Å². The Kier molecular flexibility index (Phi) is 2.97. The molecule has 0 radical (unpaired) electrons. The van der Waals surface area contributed by atoms with Crippen molar-refractivity contribution in [2.24, 2.45) is 11.3 Å². The lowest BCUT2D eigenvalue weighted by molar-refractivity contribution is 0.0953. The van der Waals surface area contributed by atoms with Gasteiger partial charge >= 0.3 is 0 Å². The molecule has 1 aromatic carbocycles. The van der Waals surface area contributed by atoms with E-state index in [0.717, 1.165) is 12.8 Å². The van der Waals surface area contributed by atoms with Crippen LogP contribution in [0.5, 0.6) is 11.5 Å². The Balaban J connectivity index is 1.94. The minimum absolute atomic E-state index is 0.0785. The van der Waals surface area contributed by atoms with Crippen molar-refractivity contribution in [3.05, 3.63) is 22.7 Å². The van der Waals surface area contributed by atoms with Gasteiger partial charge in [0.05, 0.1) is 18.2 Å². The van der Waals surface area contributed by atoms with Crippen molar-refractivity contribution < 1.29 is 14.3 Å². The van der Waals surface area contributed by atoms with Crippen molar-refractivity contribution >= 4 is 17.4 Å². The topological polar surface area (TPSA) is 35.5 Å². The molecule has 1 unspecified atom stereocenters. The third-order valence-electron chi connectivity index (χ3n) is 3.93. The summed E-state index contributed by atoms with van der Waals surface area (Å²) in [5, 5.41) is 0.456. The van der Waals surface area contributed by atoms with E-state index in [1.807, 2.05) is 0 Å². The zero-order valence-corrected chi connectivity index (χ0v) is 11.9. The number of halogens is 1. The summed E-state index contributed by atoms with van der Waals surface area (Å²) in [6.07, 6.45) is 1.77. The van der Waals surface area contributed by atoms with Gasteiger partial charge in [0.2, 0.25) is 0 Å². The van der Waals surface area contributed by atoms with Crippen LogP contribution in [-0.2, 0) is 0 Å². The average Bonchev–Trinajstić information content (AvgIpc) is 3.04. The number of carbonyl (C=O) groups excluding carboxylic acids is 1. The zero-order chi connectivity index (χ0) is 13.6. The molecule has 3 rings (SSSR count). The molecule has 1 aromatic rings. The number of rotatable bonds is 2. The van der Waals surface area contributed by atoms with Gasteiger partial charge in [0.25, 0.3) is 0 Å². The first-order valence-corrected chi connectivity index (χ1v) is 7.00. The highest BCUT2D eigenvalue weighted by atomic mass is 35.5. The Bertz CT molecular complexity index is 536. The maximum atomic E-state index is 12.4. The fourth-order valence-corrected chi connectivity index (χ4v) is 2.72. The van der Waals surface area contributed by atoms with E-state index in [2.05, 4.69) is 13.8 Å². The van der Waals surface area contributed by atoms with E-state index in [1.54, 1.807) is 12.1 Å². The molecular weight excluding hydrogens is 264 g/mol. The van der Waals surface area contributed by atoms with Gasteiger partial charge in [-0.1, -0.05) is 25.4 Å². The minimum Gasteiger partial charge on any atom is -0.490 e. The van der Waals surface area contributed by atoms with Gasteiger partial charge in [0, 0.05) is 24.0 Å². The van der Waals surface area contributed by atoms with Crippen molar-refractivity contribution in [2.75, 3.05) is 13.2 Å². The van der Waals surface area contributed by atoms with Gasteiger partial charge in [-0.2, -0.15) is 0 Å². The first-order chi connectivity index (χ1) is 8.99. The number of hydrogen-bond donors (Lipinski definition) is 0. The fourth-order valence-electron chi connectivity index (χ4n) is 2.48. The summed E-state index contributed by atoms with van der Waals surface area (Å²) in [5.41, 5.74) is 0.659. The predicted octanol–water partition coefficient (Wildman–Crippen LogP) is 3.73. The summed E-state index contributed by atoms with van der Waals surface area (Å²) in [6.45, 7) is 5.43. The van der Waals surface area contributed by atoms with Crippen LogP contribution in [0.1, 0.15) is 37.0 Å². The van der Waals surface area contributed by atoms with Crippen molar-refractivity contribution in [3.63, 3.8) is 0 Å². The summed E-state index contributed by atoms with van der Waals surface area (Å²) in [4.78, 5) is 12.4. The summed E-state index contributed by atoms with van der Waals surface area (Å²) in [7, 11) is 0. The van der Waals surface area contributed by atoms with E-state index in [9.17, 15) is 4.79 Å². The third-order valence-corrected chi connectivity index (χ3v) is 4.25. The molecule has 1 fully saturated rings. The predicted molar refractivity (Wildman–Crippen MR) is 73.3 cm³/mol. The number of benzene rings is 1. The molecule has 0 N–H and O–H groups in total. The second-order valence-corrected chi connectivity index (χ2v) is 6.35. The van der Waals surface area contributed by atoms with Crippen LogP contribution in [0.2, 0.25) is 5.02 Å². The van der Waals surface area contributed by atoms with Crippen molar-refractivity contribution in [3.8, 4) is 11.5 Å². The van der Waals surface area contributed by atoms with Crippen LogP contribution < -0.4 is 9.47 Å². The minimum atomic E-state index is 0.0785. The molecular formula is C15H17ClO3. The van der Waals surface area contributed by atoms with Gasteiger partial charge in [0.15, 0.2) is 17.3 Å². The molecule has 102 valence electrons. The summed E-state index contributed by atoms with van der Waals surface area (Å²) in [5.74, 6) is 1.46. The molecule has 0 amide bonds. The molecule has 0 spiro atoms. The van der Waals surface area contributed by atoms with Crippen LogP contribution in [-0.4, -0.2) is 19.0 Å². The summed E-state index contributed by atoms with van der Waals surface area (Å²) >= 11 is 6.22. The van der Waals surface area contributed by atoms with Crippen LogP contribution in [0.4, 0.5) is 0 Å². The Morgan fingerprint density at radius 1 is 1.26 bits per heavy atom. The highest BCUT2D eigenvalue weighted by molar-refractivity contribution is 6.34. The maximum Gasteiger partial charge on any atom is 0.168 e. The van der Waals surface area contributed by atoms with Crippen molar-refractivity contribution in [2.45, 2.75) is 26.7 Å². The number of ketones is 1. The molecule has 2 aliphatic rings. The normalized spacial score (nSPS) is 23.6. The molecule has 1 atom stereocenters. The van der Waals surface area contributed by atoms with Crippen LogP contribution in [0, 0.1) is 11.3 Å². The molecule has 0 bridgehead atoms. The van der Waals surface area contributed by atoms with Crippen LogP contribution >= 0.6 is 11.6 Å². The number of ether oxygens (including phenoxy) is 2. The summed E-state index contributed by atoms with van der Waals surface area (Å²) < 4.78 is 11.2. The quantitative estimate of drug-likeness (QED) is 0.775. The second kappa shape index (κ2) is 4.41. The van der Waals surface area contributed by atoms with Crippen LogP contribution in [0.15, 0.2) is 12.1 Å². The number of Topliss-reactive ketones (excluding diaryl/α,β-unsaturated/α-hetero) is 1. The highest BCUT2D eigenvalue weighted by Crippen LogP contribution is 2.54. The molecule has 4 heteroatoms. The standard InChI is InChI=1S/C15H17ClO3/c1-15(2)8-10(15)14(17)9-6-12-13(7-11(9)16)19-5-3-4-18-12/h6-7,10H,3-5,8H2,1-2H3. The van der Waals surface area contributed by atoms with Gasteiger partial charge in [-0.15, -0.1) is 0 Å². The number of carbonyl (C=O) groups is 1. The molecule has 1 heterocycles. The third kappa shape index (κ3) is 2.32. The van der Waals surface area contributed by atoms with Gasteiger partial charge in [0.1, 0.15) is 0 Å². The van der Waals surface area contributed by atoms with E-state index < -0.39 is 0 Å². The van der Waals surface area contributed by atoms with E-state index in [1.165, 1.54) is 0 Å². The Morgan fingerprint density at radius 2 is 1.84 bits per heavy atom. The van der Waals surface area contributed by atoms with E-state index in [-0.39, 0.29) is 17.1 Å². The lowest BCUT2D eigenvalue weighted by atomic mass is 10.0. The number of hydrogen-bond acceptors (Lipinski definition) is 3. The Labute approximate surface area is 117 Å². The zero-order valence-electron chi connectivity index (χ0n) is 11.2. The average molecular weight is 281 g/mol. The molecule has 1 saturated carbocycles.